The Hall–Kier alpha value is -3.81. The lowest BCUT2D eigenvalue weighted by atomic mass is 9.94. The van der Waals surface area contributed by atoms with Gasteiger partial charge in [0.15, 0.2) is 6.19 Å². The number of hydrogen-bond acceptors (Lipinski definition) is 9. The highest BCUT2D eigenvalue weighted by atomic mass is 79.9. The second-order valence-corrected chi connectivity index (χ2v) is 6.11. The third-order valence-corrected chi connectivity index (χ3v) is 4.44. The molecule has 126 valence electrons. The van der Waals surface area contributed by atoms with Gasteiger partial charge in [0.25, 0.3) is 0 Å². The molecule has 0 aliphatic carbocycles. The SMILES string of the molecule is N#CNC1=NC(c2ccc(C#N)c(Br)c2)c2c(nc(N)c(C#N)c2N)N1. The van der Waals surface area contributed by atoms with Gasteiger partial charge < -0.3 is 16.8 Å². The van der Waals surface area contributed by atoms with Crippen molar-refractivity contribution >= 4 is 39.2 Å². The molecule has 0 amide bonds. The summed E-state index contributed by atoms with van der Waals surface area (Å²) in [5, 5.41) is 32.5. The molecule has 3 rings (SSSR count). The van der Waals surface area contributed by atoms with E-state index < -0.39 is 6.04 Å². The van der Waals surface area contributed by atoms with Gasteiger partial charge in [-0.25, -0.2) is 9.98 Å². The monoisotopic (exact) mass is 407 g/mol. The van der Waals surface area contributed by atoms with Crippen molar-refractivity contribution in [3.8, 4) is 18.3 Å². The number of nitriles is 3. The molecule has 1 aromatic carbocycles. The highest BCUT2D eigenvalue weighted by molar-refractivity contribution is 9.10. The molecule has 0 bridgehead atoms. The Labute approximate surface area is 156 Å². The highest BCUT2D eigenvalue weighted by Gasteiger charge is 2.29. The quantitative estimate of drug-likeness (QED) is 0.407. The minimum absolute atomic E-state index is 0.0192. The molecule has 0 saturated carbocycles. The molecule has 26 heavy (non-hydrogen) atoms. The number of halogens is 1. The summed E-state index contributed by atoms with van der Waals surface area (Å²) in [6, 6.07) is 8.45. The van der Waals surface area contributed by atoms with Gasteiger partial charge in [0.1, 0.15) is 35.4 Å². The van der Waals surface area contributed by atoms with Gasteiger partial charge in [-0.05, 0) is 33.6 Å². The summed E-state index contributed by atoms with van der Waals surface area (Å²) in [6.45, 7) is 0. The van der Waals surface area contributed by atoms with Gasteiger partial charge >= 0.3 is 0 Å². The van der Waals surface area contributed by atoms with Crippen molar-refractivity contribution in [1.29, 1.82) is 15.8 Å². The van der Waals surface area contributed by atoms with E-state index in [1.165, 1.54) is 0 Å². The van der Waals surface area contributed by atoms with Crippen LogP contribution in [-0.4, -0.2) is 10.9 Å². The lowest BCUT2D eigenvalue weighted by Crippen LogP contribution is -2.32. The Bertz CT molecular complexity index is 1070. The van der Waals surface area contributed by atoms with Gasteiger partial charge in [0, 0.05) is 10.0 Å². The fraction of sp³-hybridized carbons (Fsp3) is 0.0625. The number of pyridine rings is 1. The molecule has 1 aliphatic rings. The summed E-state index contributed by atoms with van der Waals surface area (Å²) in [5.41, 5.74) is 13.8. The Kier molecular flexibility index (Phi) is 4.32. The highest BCUT2D eigenvalue weighted by Crippen LogP contribution is 2.41. The molecule has 1 atom stereocenters. The minimum Gasteiger partial charge on any atom is -0.397 e. The van der Waals surface area contributed by atoms with Gasteiger partial charge in [0.2, 0.25) is 5.96 Å². The van der Waals surface area contributed by atoms with Crippen LogP contribution in [0.25, 0.3) is 0 Å². The van der Waals surface area contributed by atoms with Crippen molar-refractivity contribution in [1.82, 2.24) is 10.3 Å². The molecular weight excluding hydrogens is 398 g/mol. The van der Waals surface area contributed by atoms with E-state index in [9.17, 15) is 5.26 Å². The Morgan fingerprint density at radius 2 is 1.96 bits per heavy atom. The Morgan fingerprint density at radius 1 is 1.19 bits per heavy atom. The standard InChI is InChI=1S/C16H10BrN9/c17-10-3-7(1-2-8(10)4-18)13-11-12(21)9(5-19)14(22)25-15(11)26-16(24-13)23-6-20/h1-3,13H,(H6,21,22,23,24,25,26). The topological polar surface area (TPSA) is 173 Å². The maximum absolute atomic E-state index is 9.30. The number of guanidine groups is 1. The van der Waals surface area contributed by atoms with Crippen LogP contribution in [0.15, 0.2) is 27.7 Å². The van der Waals surface area contributed by atoms with Crippen molar-refractivity contribution in [2.45, 2.75) is 6.04 Å². The van der Waals surface area contributed by atoms with Gasteiger partial charge in [-0.15, -0.1) is 0 Å². The van der Waals surface area contributed by atoms with Gasteiger partial charge in [0.05, 0.1) is 11.3 Å². The summed E-state index contributed by atoms with van der Waals surface area (Å²) in [6.07, 6.45) is 1.78. The number of nitrogens with zero attached hydrogens (tertiary/aromatic N) is 5. The third kappa shape index (κ3) is 2.73. The van der Waals surface area contributed by atoms with E-state index in [1.807, 2.05) is 6.07 Å². The first kappa shape index (κ1) is 17.0. The van der Waals surface area contributed by atoms with Crippen LogP contribution in [-0.2, 0) is 0 Å². The van der Waals surface area contributed by atoms with Crippen LogP contribution in [0.2, 0.25) is 0 Å². The molecule has 1 aromatic heterocycles. The molecule has 2 aromatic rings. The lowest BCUT2D eigenvalue weighted by molar-refractivity contribution is 0.845. The van der Waals surface area contributed by atoms with Gasteiger partial charge in [-0.3, -0.25) is 5.32 Å². The molecule has 0 radical (unpaired) electrons. The number of fused-ring (bicyclic) bond motifs is 1. The number of nitrogens with two attached hydrogens (primary N) is 2. The first-order chi connectivity index (χ1) is 12.5. The van der Waals surface area contributed by atoms with Crippen molar-refractivity contribution in [3.05, 3.63) is 44.9 Å². The number of nitrogen functional groups attached to an aromatic ring is 2. The van der Waals surface area contributed by atoms with Crippen LogP contribution in [0.4, 0.5) is 17.3 Å². The maximum Gasteiger partial charge on any atom is 0.211 e. The molecule has 0 fully saturated rings. The van der Waals surface area contributed by atoms with Crippen molar-refractivity contribution in [2.75, 3.05) is 16.8 Å². The predicted molar refractivity (Wildman–Crippen MR) is 98.3 cm³/mol. The van der Waals surface area contributed by atoms with Crippen molar-refractivity contribution in [3.63, 3.8) is 0 Å². The normalized spacial score (nSPS) is 14.7. The van der Waals surface area contributed by atoms with Crippen molar-refractivity contribution in [2.24, 2.45) is 4.99 Å². The number of hydrogen-bond donors (Lipinski definition) is 4. The average molecular weight is 408 g/mol. The zero-order valence-corrected chi connectivity index (χ0v) is 14.7. The average Bonchev–Trinajstić information content (AvgIpc) is 2.61. The van der Waals surface area contributed by atoms with E-state index >= 15 is 0 Å². The van der Waals surface area contributed by atoms with E-state index in [1.54, 1.807) is 24.4 Å². The Balaban J connectivity index is 2.25. The number of anilines is 3. The zero-order chi connectivity index (χ0) is 18.8. The summed E-state index contributed by atoms with van der Waals surface area (Å²) in [7, 11) is 0. The first-order valence-corrected chi connectivity index (χ1v) is 7.97. The molecular formula is C16H10BrN9. The molecule has 9 nitrogen and oxygen atoms in total. The third-order valence-electron chi connectivity index (χ3n) is 3.79. The van der Waals surface area contributed by atoms with Gasteiger partial charge in [-0.1, -0.05) is 6.07 Å². The van der Waals surface area contributed by atoms with E-state index in [2.05, 4.69) is 42.6 Å². The summed E-state index contributed by atoms with van der Waals surface area (Å²) in [5.74, 6) is 0.452. The largest absolute Gasteiger partial charge is 0.397 e. The van der Waals surface area contributed by atoms with Crippen LogP contribution in [0, 0.1) is 34.1 Å². The second-order valence-electron chi connectivity index (χ2n) is 5.25. The van der Waals surface area contributed by atoms with Crippen LogP contribution in [0.1, 0.15) is 28.3 Å². The number of aromatic nitrogens is 1. The molecule has 6 N–H and O–H groups in total. The van der Waals surface area contributed by atoms with Crippen LogP contribution in [0.3, 0.4) is 0 Å². The van der Waals surface area contributed by atoms with E-state index in [4.69, 9.17) is 22.0 Å². The zero-order valence-electron chi connectivity index (χ0n) is 13.1. The van der Waals surface area contributed by atoms with Crippen LogP contribution in [0.5, 0.6) is 0 Å². The molecule has 1 aliphatic heterocycles. The predicted octanol–water partition coefficient (Wildman–Crippen LogP) is 1.69. The fourth-order valence-electron chi connectivity index (χ4n) is 2.61. The second kappa shape index (κ2) is 6.60. The maximum atomic E-state index is 9.30. The molecule has 2 heterocycles. The Morgan fingerprint density at radius 3 is 2.58 bits per heavy atom. The molecule has 10 heteroatoms. The number of benzene rings is 1. The fourth-order valence-corrected chi connectivity index (χ4v) is 3.10. The van der Waals surface area contributed by atoms with E-state index in [-0.39, 0.29) is 23.0 Å². The number of aliphatic imine (C=N–C) groups is 1. The van der Waals surface area contributed by atoms with Crippen molar-refractivity contribution < 1.29 is 0 Å². The molecule has 0 saturated heterocycles. The van der Waals surface area contributed by atoms with Crippen LogP contribution >= 0.6 is 15.9 Å². The van der Waals surface area contributed by atoms with Crippen LogP contribution < -0.4 is 22.1 Å². The van der Waals surface area contributed by atoms with Gasteiger partial charge in [-0.2, -0.15) is 15.8 Å². The smallest absolute Gasteiger partial charge is 0.211 e. The summed E-state index contributed by atoms with van der Waals surface area (Å²) in [4.78, 5) is 8.62. The first-order valence-electron chi connectivity index (χ1n) is 7.18. The number of nitrogens with one attached hydrogen (secondary N) is 2. The molecule has 0 spiro atoms. The lowest BCUT2D eigenvalue weighted by Gasteiger charge is -2.26. The van der Waals surface area contributed by atoms with E-state index in [0.29, 0.717) is 27.0 Å². The molecule has 1 unspecified atom stereocenters. The summed E-state index contributed by atoms with van der Waals surface area (Å²) < 4.78 is 0.588. The summed E-state index contributed by atoms with van der Waals surface area (Å²) >= 11 is 3.34. The minimum atomic E-state index is -0.647. The van der Waals surface area contributed by atoms with E-state index in [0.717, 1.165) is 0 Å². The number of rotatable bonds is 1.